The summed E-state index contributed by atoms with van der Waals surface area (Å²) in [6.07, 6.45) is 1.95. The molecule has 1 aromatic carbocycles. The topological polar surface area (TPSA) is 29.5 Å². The third kappa shape index (κ3) is 1.88. The van der Waals surface area contributed by atoms with Gasteiger partial charge in [-0.25, -0.2) is 8.78 Å². The third-order valence-corrected chi connectivity index (χ3v) is 3.51. The second-order valence-electron chi connectivity index (χ2n) is 4.77. The lowest BCUT2D eigenvalue weighted by Crippen LogP contribution is -2.46. The Morgan fingerprint density at radius 3 is 2.56 bits per heavy atom. The van der Waals surface area contributed by atoms with E-state index in [4.69, 9.17) is 4.74 Å². The van der Waals surface area contributed by atoms with E-state index in [-0.39, 0.29) is 17.8 Å². The van der Waals surface area contributed by atoms with Gasteiger partial charge in [0.25, 0.3) is 5.91 Å². The number of carbonyl (C=O) groups is 1. The second-order valence-corrected chi connectivity index (χ2v) is 4.77. The predicted molar refractivity (Wildman–Crippen MR) is 60.2 cm³/mol. The van der Waals surface area contributed by atoms with Gasteiger partial charge < -0.3 is 9.64 Å². The van der Waals surface area contributed by atoms with Gasteiger partial charge in [0.2, 0.25) is 0 Å². The largest absolute Gasteiger partial charge is 0.371 e. The van der Waals surface area contributed by atoms with Gasteiger partial charge in [0.05, 0.1) is 17.8 Å². The highest BCUT2D eigenvalue weighted by atomic mass is 19.2. The van der Waals surface area contributed by atoms with Crippen LogP contribution in [0.2, 0.25) is 0 Å². The summed E-state index contributed by atoms with van der Waals surface area (Å²) in [5.74, 6) is -2.51. The van der Waals surface area contributed by atoms with Crippen LogP contribution in [0.25, 0.3) is 0 Å². The Morgan fingerprint density at radius 1 is 1.22 bits per heavy atom. The van der Waals surface area contributed by atoms with Crippen LogP contribution >= 0.6 is 0 Å². The van der Waals surface area contributed by atoms with E-state index in [1.165, 1.54) is 12.1 Å². The summed E-state index contributed by atoms with van der Waals surface area (Å²) in [6.45, 7) is 0.927. The van der Waals surface area contributed by atoms with Crippen molar-refractivity contribution in [2.75, 3.05) is 13.1 Å². The predicted octanol–water partition coefficient (Wildman–Crippen LogP) is 1.97. The summed E-state index contributed by atoms with van der Waals surface area (Å²) in [7, 11) is 0. The molecule has 3 nitrogen and oxygen atoms in total. The number of amides is 1. The van der Waals surface area contributed by atoms with E-state index >= 15 is 0 Å². The van der Waals surface area contributed by atoms with Crippen molar-refractivity contribution in [1.29, 1.82) is 0 Å². The molecular formula is C13H13F2NO2. The first-order chi connectivity index (χ1) is 8.65. The van der Waals surface area contributed by atoms with Crippen LogP contribution in [-0.2, 0) is 4.74 Å². The lowest BCUT2D eigenvalue weighted by molar-refractivity contribution is -0.0305. The first kappa shape index (κ1) is 11.6. The van der Waals surface area contributed by atoms with Gasteiger partial charge in [-0.15, -0.1) is 0 Å². The lowest BCUT2D eigenvalue weighted by Gasteiger charge is -2.32. The number of likely N-dealkylation sites (tertiary alicyclic amines) is 1. The maximum absolute atomic E-state index is 13.6. The number of nitrogens with zero attached hydrogens (tertiary/aromatic N) is 1. The average Bonchev–Trinajstić information content (AvgIpc) is 2.71. The minimum atomic E-state index is -1.07. The first-order valence-corrected chi connectivity index (χ1v) is 6.04. The van der Waals surface area contributed by atoms with Gasteiger partial charge >= 0.3 is 0 Å². The van der Waals surface area contributed by atoms with Crippen LogP contribution in [0.15, 0.2) is 18.2 Å². The monoisotopic (exact) mass is 253 g/mol. The molecular weight excluding hydrogens is 240 g/mol. The van der Waals surface area contributed by atoms with E-state index in [1.807, 2.05) is 0 Å². The zero-order valence-corrected chi connectivity index (χ0v) is 9.73. The van der Waals surface area contributed by atoms with Gasteiger partial charge in [-0.2, -0.15) is 0 Å². The van der Waals surface area contributed by atoms with E-state index in [1.54, 1.807) is 4.90 Å². The van der Waals surface area contributed by atoms with E-state index in [0.29, 0.717) is 13.1 Å². The summed E-state index contributed by atoms with van der Waals surface area (Å²) in [6, 6.07) is 3.67. The maximum atomic E-state index is 13.6. The molecule has 3 rings (SSSR count). The van der Waals surface area contributed by atoms with Crippen molar-refractivity contribution in [3.8, 4) is 0 Å². The zero-order chi connectivity index (χ0) is 12.7. The van der Waals surface area contributed by atoms with E-state index in [0.717, 1.165) is 18.9 Å². The van der Waals surface area contributed by atoms with E-state index in [2.05, 4.69) is 0 Å². The Balaban J connectivity index is 1.84. The SMILES string of the molecule is O=C(c1cccc(F)c1F)N1CC2CCC(C1)O2. The van der Waals surface area contributed by atoms with Crippen LogP contribution < -0.4 is 0 Å². The standard InChI is InChI=1S/C13H13F2NO2/c14-11-3-1-2-10(12(11)15)13(17)16-6-8-4-5-9(7-16)18-8/h1-3,8-9H,4-7H2. The normalized spacial score (nSPS) is 26.4. The minimum absolute atomic E-state index is 0.0457. The summed E-state index contributed by atoms with van der Waals surface area (Å²) in [5.41, 5.74) is -0.198. The van der Waals surface area contributed by atoms with Gasteiger partial charge in [-0.05, 0) is 25.0 Å². The third-order valence-electron chi connectivity index (χ3n) is 3.51. The summed E-state index contributed by atoms with van der Waals surface area (Å²) in [5, 5.41) is 0. The summed E-state index contributed by atoms with van der Waals surface area (Å²) >= 11 is 0. The van der Waals surface area contributed by atoms with Crippen LogP contribution in [0.4, 0.5) is 8.78 Å². The number of morpholine rings is 1. The highest BCUT2D eigenvalue weighted by Crippen LogP contribution is 2.27. The number of hydrogen-bond acceptors (Lipinski definition) is 2. The maximum Gasteiger partial charge on any atom is 0.257 e. The molecule has 2 aliphatic rings. The van der Waals surface area contributed by atoms with Crippen molar-refractivity contribution < 1.29 is 18.3 Å². The summed E-state index contributed by atoms with van der Waals surface area (Å²) in [4.78, 5) is 13.7. The number of carbonyl (C=O) groups excluding carboxylic acids is 1. The Hall–Kier alpha value is -1.49. The average molecular weight is 253 g/mol. The Labute approximate surface area is 103 Å². The van der Waals surface area contributed by atoms with Crippen LogP contribution in [-0.4, -0.2) is 36.1 Å². The molecule has 0 aromatic heterocycles. The van der Waals surface area contributed by atoms with Crippen molar-refractivity contribution in [3.05, 3.63) is 35.4 Å². The van der Waals surface area contributed by atoms with Gasteiger partial charge in [0.15, 0.2) is 11.6 Å². The molecule has 1 aromatic rings. The minimum Gasteiger partial charge on any atom is -0.371 e. The molecule has 2 atom stereocenters. The van der Waals surface area contributed by atoms with E-state index < -0.39 is 17.5 Å². The van der Waals surface area contributed by atoms with E-state index in [9.17, 15) is 13.6 Å². The Bertz CT molecular complexity index is 480. The van der Waals surface area contributed by atoms with Gasteiger partial charge in [0, 0.05) is 13.1 Å². The second kappa shape index (κ2) is 4.31. The zero-order valence-electron chi connectivity index (χ0n) is 9.73. The number of hydrogen-bond donors (Lipinski definition) is 0. The number of halogens is 2. The fraction of sp³-hybridized carbons (Fsp3) is 0.462. The molecule has 2 aliphatic heterocycles. The molecule has 0 N–H and O–H groups in total. The molecule has 0 spiro atoms. The molecule has 2 heterocycles. The van der Waals surface area contributed by atoms with Crippen molar-refractivity contribution in [2.45, 2.75) is 25.0 Å². The quantitative estimate of drug-likeness (QED) is 0.765. The van der Waals surface area contributed by atoms with Gasteiger partial charge in [-0.3, -0.25) is 4.79 Å². The number of fused-ring (bicyclic) bond motifs is 2. The molecule has 2 saturated heterocycles. The molecule has 2 bridgehead atoms. The molecule has 2 fully saturated rings. The lowest BCUT2D eigenvalue weighted by atomic mass is 10.1. The Morgan fingerprint density at radius 2 is 1.89 bits per heavy atom. The van der Waals surface area contributed by atoms with Crippen molar-refractivity contribution >= 4 is 5.91 Å². The number of ether oxygens (including phenoxy) is 1. The van der Waals surface area contributed by atoms with Crippen LogP contribution in [0.3, 0.4) is 0 Å². The van der Waals surface area contributed by atoms with Crippen LogP contribution in [0, 0.1) is 11.6 Å². The Kier molecular flexibility index (Phi) is 2.78. The van der Waals surface area contributed by atoms with Gasteiger partial charge in [-0.1, -0.05) is 6.07 Å². The fourth-order valence-electron chi connectivity index (χ4n) is 2.62. The summed E-state index contributed by atoms with van der Waals surface area (Å²) < 4.78 is 32.3. The molecule has 96 valence electrons. The highest BCUT2D eigenvalue weighted by Gasteiger charge is 2.36. The molecule has 5 heteroatoms. The van der Waals surface area contributed by atoms with Crippen molar-refractivity contribution in [2.24, 2.45) is 0 Å². The van der Waals surface area contributed by atoms with Crippen molar-refractivity contribution in [1.82, 2.24) is 4.90 Å². The molecule has 18 heavy (non-hydrogen) atoms. The fourth-order valence-corrected chi connectivity index (χ4v) is 2.62. The smallest absolute Gasteiger partial charge is 0.257 e. The highest BCUT2D eigenvalue weighted by molar-refractivity contribution is 5.94. The number of rotatable bonds is 1. The number of benzene rings is 1. The molecule has 0 radical (unpaired) electrons. The van der Waals surface area contributed by atoms with Gasteiger partial charge in [0.1, 0.15) is 0 Å². The molecule has 0 saturated carbocycles. The molecule has 2 unspecified atom stereocenters. The van der Waals surface area contributed by atoms with Crippen molar-refractivity contribution in [3.63, 3.8) is 0 Å². The molecule has 1 amide bonds. The molecule has 0 aliphatic carbocycles. The van der Waals surface area contributed by atoms with Crippen LogP contribution in [0.1, 0.15) is 23.2 Å². The first-order valence-electron chi connectivity index (χ1n) is 6.04. The van der Waals surface area contributed by atoms with Crippen LogP contribution in [0.5, 0.6) is 0 Å².